The normalized spacial score (nSPS) is 20.9. The molecule has 4 heterocycles. The highest BCUT2D eigenvalue weighted by Gasteiger charge is 2.38. The van der Waals surface area contributed by atoms with Gasteiger partial charge in [-0.05, 0) is 30.4 Å². The van der Waals surface area contributed by atoms with Crippen LogP contribution in [-0.2, 0) is 14.1 Å². The largest absolute Gasteiger partial charge is 0.337 e. The first-order valence-corrected chi connectivity index (χ1v) is 8.46. The van der Waals surface area contributed by atoms with Gasteiger partial charge in [-0.15, -0.1) is 24.8 Å². The van der Waals surface area contributed by atoms with Gasteiger partial charge in [0.05, 0.1) is 5.39 Å². The quantitative estimate of drug-likeness (QED) is 0.711. The lowest BCUT2D eigenvalue weighted by Gasteiger charge is -2.18. The summed E-state index contributed by atoms with van der Waals surface area (Å²) in [5, 5.41) is 3.73. The van der Waals surface area contributed by atoms with Gasteiger partial charge in [0, 0.05) is 40.3 Å². The number of aromatic nitrogens is 3. The number of carbonyl (C=O) groups is 1. The smallest absolute Gasteiger partial charge is 0.332 e. The predicted octanol–water partition coefficient (Wildman–Crippen LogP) is 0.0756. The van der Waals surface area contributed by atoms with Gasteiger partial charge in [-0.3, -0.25) is 18.7 Å². The molecular weight excluding hydrogens is 393 g/mol. The van der Waals surface area contributed by atoms with E-state index in [2.05, 4.69) is 10.3 Å². The maximum absolute atomic E-state index is 12.9. The molecule has 2 aliphatic rings. The summed E-state index contributed by atoms with van der Waals surface area (Å²) in [4.78, 5) is 43.7. The number of hydrogen-bond acceptors (Lipinski definition) is 5. The van der Waals surface area contributed by atoms with Crippen LogP contribution < -0.4 is 16.6 Å². The van der Waals surface area contributed by atoms with Gasteiger partial charge in [-0.2, -0.15) is 0 Å². The molecule has 2 fully saturated rings. The Morgan fingerprint density at radius 3 is 2.30 bits per heavy atom. The van der Waals surface area contributed by atoms with Crippen LogP contribution in [0.5, 0.6) is 0 Å². The van der Waals surface area contributed by atoms with Crippen molar-refractivity contribution in [3.8, 4) is 0 Å². The predicted molar refractivity (Wildman–Crippen MR) is 107 cm³/mol. The molecule has 1 N–H and O–H groups in total. The lowest BCUT2D eigenvalue weighted by molar-refractivity contribution is 0.0776. The van der Waals surface area contributed by atoms with Crippen molar-refractivity contribution in [2.24, 2.45) is 25.9 Å². The molecule has 148 valence electrons. The second-order valence-electron chi connectivity index (χ2n) is 7.12. The van der Waals surface area contributed by atoms with Gasteiger partial charge in [0.15, 0.2) is 0 Å². The van der Waals surface area contributed by atoms with Gasteiger partial charge >= 0.3 is 5.69 Å². The summed E-state index contributed by atoms with van der Waals surface area (Å²) in [5.41, 5.74) is 0.379. The fourth-order valence-electron chi connectivity index (χ4n) is 4.03. The number of nitrogens with zero attached hydrogens (tertiary/aromatic N) is 4. The Hall–Kier alpha value is -1.90. The van der Waals surface area contributed by atoms with Crippen LogP contribution in [0, 0.1) is 18.8 Å². The highest BCUT2D eigenvalue weighted by molar-refractivity contribution is 5.95. The fraction of sp³-hybridized carbons (Fsp3) is 0.529. The van der Waals surface area contributed by atoms with Crippen LogP contribution in [0.3, 0.4) is 0 Å². The third-order valence-corrected chi connectivity index (χ3v) is 5.50. The molecule has 2 saturated heterocycles. The van der Waals surface area contributed by atoms with E-state index >= 15 is 0 Å². The molecule has 0 radical (unpaired) electrons. The van der Waals surface area contributed by atoms with E-state index in [0.717, 1.165) is 30.7 Å². The number of aryl methyl sites for hydroxylation is 2. The van der Waals surface area contributed by atoms with Crippen molar-refractivity contribution < 1.29 is 4.79 Å². The van der Waals surface area contributed by atoms with Gasteiger partial charge in [0.25, 0.3) is 11.5 Å². The lowest BCUT2D eigenvalue weighted by atomic mass is 10.0. The SMILES string of the molecule is Cc1cc(C(=O)N2C[C@H]3CNC[C@H]3C2)nc2c1c(=O)n(C)c(=O)n2C.Cl.Cl. The number of nitrogens with one attached hydrogen (secondary N) is 1. The summed E-state index contributed by atoms with van der Waals surface area (Å²) in [6.45, 7) is 5.12. The van der Waals surface area contributed by atoms with E-state index in [1.807, 2.05) is 4.90 Å². The monoisotopic (exact) mass is 415 g/mol. The van der Waals surface area contributed by atoms with Crippen molar-refractivity contribution in [2.45, 2.75) is 6.92 Å². The lowest BCUT2D eigenvalue weighted by Crippen LogP contribution is -2.38. The first-order valence-electron chi connectivity index (χ1n) is 8.46. The maximum Gasteiger partial charge on any atom is 0.332 e. The van der Waals surface area contributed by atoms with E-state index in [-0.39, 0.29) is 41.9 Å². The fourth-order valence-corrected chi connectivity index (χ4v) is 4.03. The van der Waals surface area contributed by atoms with Crippen molar-refractivity contribution >= 4 is 41.8 Å². The summed E-state index contributed by atoms with van der Waals surface area (Å²) in [6.07, 6.45) is 0. The van der Waals surface area contributed by atoms with Crippen LogP contribution >= 0.6 is 24.8 Å². The number of likely N-dealkylation sites (tertiary alicyclic amines) is 1. The Kier molecular flexibility index (Phi) is 6.03. The molecule has 0 spiro atoms. The van der Waals surface area contributed by atoms with Gasteiger partial charge in [0.2, 0.25) is 0 Å². The topological polar surface area (TPSA) is 89.2 Å². The molecular formula is C17H23Cl2N5O3. The van der Waals surface area contributed by atoms with Gasteiger partial charge < -0.3 is 10.2 Å². The summed E-state index contributed by atoms with van der Waals surface area (Å²) in [5.74, 6) is 0.872. The Balaban J connectivity index is 0.00000131. The summed E-state index contributed by atoms with van der Waals surface area (Å²) < 4.78 is 2.39. The molecule has 4 rings (SSSR count). The average Bonchev–Trinajstić information content (AvgIpc) is 3.18. The minimum atomic E-state index is -0.448. The zero-order valence-electron chi connectivity index (χ0n) is 15.4. The van der Waals surface area contributed by atoms with Gasteiger partial charge in [-0.1, -0.05) is 0 Å². The molecule has 2 aromatic rings. The van der Waals surface area contributed by atoms with Gasteiger partial charge in [-0.25, -0.2) is 9.78 Å². The molecule has 2 aliphatic heterocycles. The van der Waals surface area contributed by atoms with Crippen molar-refractivity contribution in [3.05, 3.63) is 38.2 Å². The van der Waals surface area contributed by atoms with E-state index in [4.69, 9.17) is 0 Å². The number of halogens is 2. The Labute approximate surface area is 168 Å². The molecule has 0 bridgehead atoms. The Bertz CT molecular complexity index is 1000. The van der Waals surface area contributed by atoms with Crippen LogP contribution in [0.4, 0.5) is 0 Å². The van der Waals surface area contributed by atoms with E-state index in [1.54, 1.807) is 20.0 Å². The van der Waals surface area contributed by atoms with Crippen LogP contribution in [0.1, 0.15) is 16.1 Å². The maximum atomic E-state index is 12.9. The standard InChI is InChI=1S/C17H21N5O3.2ClH/c1-9-4-12(15(23)22-7-10-5-18-6-11(10)8-22)19-14-13(9)16(24)21(3)17(25)20(14)2;;/h4,10-11,18H,5-8H2,1-3H3;2*1H/t10-,11+;;. The average molecular weight is 416 g/mol. The molecule has 1 amide bonds. The number of pyridine rings is 1. The summed E-state index contributed by atoms with van der Waals surface area (Å²) in [6, 6.07) is 1.66. The van der Waals surface area contributed by atoms with E-state index < -0.39 is 5.69 Å². The molecule has 0 aliphatic carbocycles. The number of amides is 1. The van der Waals surface area contributed by atoms with Crippen molar-refractivity contribution in [1.29, 1.82) is 0 Å². The Morgan fingerprint density at radius 1 is 1.11 bits per heavy atom. The van der Waals surface area contributed by atoms with Crippen molar-refractivity contribution in [1.82, 2.24) is 24.3 Å². The van der Waals surface area contributed by atoms with Crippen LogP contribution in [0.25, 0.3) is 11.0 Å². The molecule has 0 unspecified atom stereocenters. The minimum Gasteiger partial charge on any atom is -0.337 e. The highest BCUT2D eigenvalue weighted by atomic mass is 35.5. The molecule has 27 heavy (non-hydrogen) atoms. The summed E-state index contributed by atoms with van der Waals surface area (Å²) >= 11 is 0. The third kappa shape index (κ3) is 3.26. The second kappa shape index (κ2) is 7.61. The Morgan fingerprint density at radius 2 is 1.70 bits per heavy atom. The first-order chi connectivity index (χ1) is 11.9. The molecule has 8 nitrogen and oxygen atoms in total. The van der Waals surface area contributed by atoms with Gasteiger partial charge in [0.1, 0.15) is 11.3 Å². The molecule has 0 aromatic carbocycles. The van der Waals surface area contributed by atoms with Crippen molar-refractivity contribution in [2.75, 3.05) is 26.2 Å². The molecule has 0 saturated carbocycles. The van der Waals surface area contributed by atoms with Crippen molar-refractivity contribution in [3.63, 3.8) is 0 Å². The number of rotatable bonds is 1. The van der Waals surface area contributed by atoms with Crippen LogP contribution in [-0.4, -0.2) is 51.1 Å². The second-order valence-corrected chi connectivity index (χ2v) is 7.12. The zero-order chi connectivity index (χ0) is 17.9. The molecule has 2 atom stereocenters. The summed E-state index contributed by atoms with van der Waals surface area (Å²) in [7, 11) is 3.01. The third-order valence-electron chi connectivity index (χ3n) is 5.50. The number of carbonyl (C=O) groups excluding carboxylic acids is 1. The number of hydrogen-bond donors (Lipinski definition) is 1. The molecule has 10 heteroatoms. The van der Waals surface area contributed by atoms with Crippen LogP contribution in [0.2, 0.25) is 0 Å². The zero-order valence-corrected chi connectivity index (χ0v) is 17.0. The molecule has 2 aromatic heterocycles. The number of fused-ring (bicyclic) bond motifs is 2. The first kappa shape index (κ1) is 21.4. The van der Waals surface area contributed by atoms with E-state index in [9.17, 15) is 14.4 Å². The van der Waals surface area contributed by atoms with Crippen LogP contribution in [0.15, 0.2) is 15.7 Å². The highest BCUT2D eigenvalue weighted by Crippen LogP contribution is 2.27. The minimum absolute atomic E-state index is 0. The van der Waals surface area contributed by atoms with E-state index in [0.29, 0.717) is 28.5 Å². The van der Waals surface area contributed by atoms with E-state index in [1.165, 1.54) is 11.6 Å².